The Balaban J connectivity index is 0.00000150. The molecule has 0 spiro atoms. The predicted octanol–water partition coefficient (Wildman–Crippen LogP) is 0.120. The zero-order valence-electron chi connectivity index (χ0n) is 14.2. The summed E-state index contributed by atoms with van der Waals surface area (Å²) in [5.41, 5.74) is 5.03. The minimum Gasteiger partial charge on any atom is -1.00 e. The molecule has 5 nitrogen and oxygen atoms in total. The second-order valence-corrected chi connectivity index (χ2v) is 6.70. The van der Waals surface area contributed by atoms with E-state index in [1.807, 2.05) is 0 Å². The number of halogens is 1. The zero-order chi connectivity index (χ0) is 16.5. The molecule has 3 aromatic rings. The summed E-state index contributed by atoms with van der Waals surface area (Å²) < 4.78 is 24.6. The summed E-state index contributed by atoms with van der Waals surface area (Å²) in [5, 5.41) is 2.37. The van der Waals surface area contributed by atoms with Crippen molar-refractivity contribution < 1.29 is 35.9 Å². The highest BCUT2D eigenvalue weighted by Gasteiger charge is 2.30. The van der Waals surface area contributed by atoms with E-state index in [0.717, 1.165) is 36.0 Å². The minimum atomic E-state index is 0. The van der Waals surface area contributed by atoms with Crippen LogP contribution in [-0.4, -0.2) is 13.6 Å². The fourth-order valence-corrected chi connectivity index (χ4v) is 4.15. The van der Waals surface area contributed by atoms with Crippen molar-refractivity contribution in [3.8, 4) is 34.3 Å². The quantitative estimate of drug-likeness (QED) is 0.528. The maximum atomic E-state index is 5.60. The number of fused-ring (bicyclic) bond motifs is 6. The third-order valence-corrected chi connectivity index (χ3v) is 5.36. The van der Waals surface area contributed by atoms with Gasteiger partial charge in [-0.3, -0.25) is 0 Å². The fraction of sp³-hybridized carbons (Fsp3) is 0.250. The minimum absolute atomic E-state index is 0. The van der Waals surface area contributed by atoms with Crippen LogP contribution in [0.2, 0.25) is 0 Å². The molecule has 0 radical (unpaired) electrons. The van der Waals surface area contributed by atoms with Crippen LogP contribution in [0.15, 0.2) is 30.5 Å². The molecule has 6 heteroatoms. The van der Waals surface area contributed by atoms with Gasteiger partial charge in [0.2, 0.25) is 19.3 Å². The van der Waals surface area contributed by atoms with Crippen LogP contribution in [0.1, 0.15) is 11.1 Å². The summed E-state index contributed by atoms with van der Waals surface area (Å²) in [6.45, 7) is 3.73. The molecule has 0 saturated carbocycles. The highest BCUT2D eigenvalue weighted by molar-refractivity contribution is 5.91. The summed E-state index contributed by atoms with van der Waals surface area (Å²) in [6.07, 6.45) is 3.20. The average molecular weight is 370 g/mol. The highest BCUT2D eigenvalue weighted by Crippen LogP contribution is 2.43. The van der Waals surface area contributed by atoms with Crippen LogP contribution in [-0.2, 0) is 13.0 Å². The Hall–Kier alpha value is -2.66. The lowest BCUT2D eigenvalue weighted by Crippen LogP contribution is -3.00. The lowest BCUT2D eigenvalue weighted by Gasteiger charge is -2.18. The van der Waals surface area contributed by atoms with Gasteiger partial charge >= 0.3 is 0 Å². The third kappa shape index (κ3) is 2.01. The molecule has 0 amide bonds. The summed E-state index contributed by atoms with van der Waals surface area (Å²) >= 11 is 0. The Morgan fingerprint density at radius 3 is 2.27 bits per heavy atom. The molecule has 0 saturated heterocycles. The van der Waals surface area contributed by atoms with Gasteiger partial charge in [0.25, 0.3) is 0 Å². The largest absolute Gasteiger partial charge is 1.00 e. The van der Waals surface area contributed by atoms with Gasteiger partial charge in [-0.25, -0.2) is 0 Å². The number of aromatic nitrogens is 1. The van der Waals surface area contributed by atoms with E-state index in [-0.39, 0.29) is 12.4 Å². The van der Waals surface area contributed by atoms with Crippen molar-refractivity contribution in [1.82, 2.24) is 0 Å². The molecule has 4 heterocycles. The van der Waals surface area contributed by atoms with Crippen LogP contribution in [0, 0.1) is 6.92 Å². The monoisotopic (exact) mass is 369 g/mol. The molecule has 2 aromatic carbocycles. The lowest BCUT2D eigenvalue weighted by atomic mass is 9.92. The van der Waals surface area contributed by atoms with Gasteiger partial charge in [-0.05, 0) is 36.8 Å². The van der Waals surface area contributed by atoms with Gasteiger partial charge in [0.15, 0.2) is 35.7 Å². The molecule has 0 unspecified atom stereocenters. The first-order valence-corrected chi connectivity index (χ1v) is 8.47. The van der Waals surface area contributed by atoms with Gasteiger partial charge in [-0.2, -0.15) is 4.57 Å². The van der Waals surface area contributed by atoms with E-state index in [4.69, 9.17) is 18.9 Å². The second-order valence-electron chi connectivity index (χ2n) is 6.70. The number of aryl methyl sites for hydroxylation is 3. The van der Waals surface area contributed by atoms with Crippen molar-refractivity contribution in [2.24, 2.45) is 0 Å². The molecule has 3 aliphatic heterocycles. The Kier molecular flexibility index (Phi) is 3.25. The van der Waals surface area contributed by atoms with Gasteiger partial charge in [-0.1, -0.05) is 0 Å². The molecule has 1 aromatic heterocycles. The number of ether oxygens (including phenoxy) is 4. The van der Waals surface area contributed by atoms with Crippen molar-refractivity contribution >= 4 is 10.8 Å². The van der Waals surface area contributed by atoms with E-state index in [1.54, 1.807) is 0 Å². The average Bonchev–Trinajstić information content (AvgIpc) is 3.26. The molecular weight excluding hydrogens is 354 g/mol. The molecule has 6 rings (SSSR count). The SMILES string of the molecule is Cc1c2[n+](cc3cc4c(cc13)OCO4)CCc1cc3c(cc1-2)OCO3.[Cl-]. The maximum absolute atomic E-state index is 5.60. The molecule has 132 valence electrons. The van der Waals surface area contributed by atoms with Crippen molar-refractivity contribution in [3.05, 3.63) is 41.6 Å². The van der Waals surface area contributed by atoms with Crippen molar-refractivity contribution in [1.29, 1.82) is 0 Å². The fourth-order valence-electron chi connectivity index (χ4n) is 4.15. The van der Waals surface area contributed by atoms with E-state index in [1.165, 1.54) is 33.2 Å². The van der Waals surface area contributed by atoms with Crippen LogP contribution in [0.25, 0.3) is 22.0 Å². The summed E-state index contributed by atoms with van der Waals surface area (Å²) in [4.78, 5) is 0. The molecular formula is C20H16ClNO4. The second kappa shape index (κ2) is 5.42. The predicted molar refractivity (Wildman–Crippen MR) is 90.3 cm³/mol. The maximum Gasteiger partial charge on any atom is 0.231 e. The van der Waals surface area contributed by atoms with Gasteiger partial charge in [0, 0.05) is 22.8 Å². The molecule has 3 aliphatic rings. The van der Waals surface area contributed by atoms with Gasteiger partial charge in [0.1, 0.15) is 0 Å². The van der Waals surface area contributed by atoms with Gasteiger partial charge in [-0.15, -0.1) is 0 Å². The van der Waals surface area contributed by atoms with Gasteiger partial charge < -0.3 is 31.4 Å². The van der Waals surface area contributed by atoms with E-state index >= 15 is 0 Å². The van der Waals surface area contributed by atoms with E-state index in [2.05, 4.69) is 42.0 Å². The van der Waals surface area contributed by atoms with Crippen LogP contribution in [0.5, 0.6) is 23.0 Å². The third-order valence-electron chi connectivity index (χ3n) is 5.36. The van der Waals surface area contributed by atoms with Crippen molar-refractivity contribution in [3.63, 3.8) is 0 Å². The number of hydrogen-bond donors (Lipinski definition) is 0. The standard InChI is InChI=1S/C20H16NO4.ClH/c1-11-14-6-18-17(23-10-24-18)5-13(14)8-21-3-2-12-4-16-19(25-9-22-16)7-15(12)20(11)21;/h4-8H,2-3,9-10H2,1H3;1H/q+1;/p-1. The van der Waals surface area contributed by atoms with E-state index in [0.29, 0.717) is 13.6 Å². The van der Waals surface area contributed by atoms with Crippen molar-refractivity contribution in [2.75, 3.05) is 13.6 Å². The summed E-state index contributed by atoms with van der Waals surface area (Å²) in [5.74, 6) is 3.33. The number of nitrogens with zero attached hydrogens (tertiary/aromatic N) is 1. The molecule has 0 bridgehead atoms. The van der Waals surface area contributed by atoms with Crippen LogP contribution < -0.4 is 35.9 Å². The molecule has 0 N–H and O–H groups in total. The Morgan fingerprint density at radius 2 is 1.50 bits per heavy atom. The normalized spacial score (nSPS) is 15.4. The molecule has 0 atom stereocenters. The number of rotatable bonds is 0. The first-order valence-electron chi connectivity index (χ1n) is 8.47. The molecule has 0 aliphatic carbocycles. The van der Waals surface area contributed by atoms with Gasteiger partial charge in [0.05, 0.1) is 5.56 Å². The van der Waals surface area contributed by atoms with Crippen LogP contribution in [0.3, 0.4) is 0 Å². The van der Waals surface area contributed by atoms with Crippen LogP contribution in [0.4, 0.5) is 0 Å². The summed E-state index contributed by atoms with van der Waals surface area (Å²) in [7, 11) is 0. The highest BCUT2D eigenvalue weighted by atomic mass is 35.5. The first-order chi connectivity index (χ1) is 12.3. The van der Waals surface area contributed by atoms with Crippen molar-refractivity contribution in [2.45, 2.75) is 19.9 Å². The topological polar surface area (TPSA) is 40.8 Å². The zero-order valence-corrected chi connectivity index (χ0v) is 14.9. The summed E-state index contributed by atoms with van der Waals surface area (Å²) in [6, 6.07) is 8.42. The Morgan fingerprint density at radius 1 is 0.846 bits per heavy atom. The van der Waals surface area contributed by atoms with E-state index < -0.39 is 0 Å². The Labute approximate surface area is 156 Å². The Bertz CT molecular complexity index is 1080. The number of benzene rings is 2. The first kappa shape index (κ1) is 15.6. The molecule has 0 fully saturated rings. The number of pyridine rings is 1. The molecule has 26 heavy (non-hydrogen) atoms. The smallest absolute Gasteiger partial charge is 0.231 e. The van der Waals surface area contributed by atoms with Crippen LogP contribution >= 0.6 is 0 Å². The number of hydrogen-bond acceptors (Lipinski definition) is 4. The van der Waals surface area contributed by atoms with E-state index in [9.17, 15) is 0 Å². The lowest BCUT2D eigenvalue weighted by molar-refractivity contribution is -0.686.